The van der Waals surface area contributed by atoms with Gasteiger partial charge in [0.05, 0.1) is 12.7 Å². The van der Waals surface area contributed by atoms with Crippen molar-refractivity contribution in [3.63, 3.8) is 0 Å². The lowest BCUT2D eigenvalue weighted by molar-refractivity contribution is 0.0696. The molecule has 0 bridgehead atoms. The van der Waals surface area contributed by atoms with E-state index in [2.05, 4.69) is 4.98 Å². The standard InChI is InChI=1S/C14H12ClNO4/c1-8-3-4-10(11(7-8)19-2)20-13-12(15)9(14(17)18)5-6-16-13/h3-7H,1-2H3,(H,17,18). The van der Waals surface area contributed by atoms with Gasteiger partial charge in [-0.15, -0.1) is 0 Å². The quantitative estimate of drug-likeness (QED) is 0.933. The van der Waals surface area contributed by atoms with Crippen molar-refractivity contribution in [1.82, 2.24) is 4.98 Å². The molecule has 2 rings (SSSR count). The van der Waals surface area contributed by atoms with Crippen LogP contribution in [0.5, 0.6) is 17.4 Å². The summed E-state index contributed by atoms with van der Waals surface area (Å²) in [6.45, 7) is 1.92. The van der Waals surface area contributed by atoms with E-state index in [1.807, 2.05) is 13.0 Å². The fourth-order valence-electron chi connectivity index (χ4n) is 1.62. The summed E-state index contributed by atoms with van der Waals surface area (Å²) in [4.78, 5) is 14.9. The molecule has 1 heterocycles. The zero-order valence-corrected chi connectivity index (χ0v) is 11.6. The maximum Gasteiger partial charge on any atom is 0.337 e. The van der Waals surface area contributed by atoms with Crippen LogP contribution in [-0.2, 0) is 0 Å². The van der Waals surface area contributed by atoms with E-state index in [1.54, 1.807) is 12.1 Å². The molecule has 0 saturated heterocycles. The Morgan fingerprint density at radius 2 is 2.05 bits per heavy atom. The normalized spacial score (nSPS) is 10.2. The summed E-state index contributed by atoms with van der Waals surface area (Å²) in [7, 11) is 1.52. The van der Waals surface area contributed by atoms with Crippen LogP contribution in [0.15, 0.2) is 30.5 Å². The third-order valence-electron chi connectivity index (χ3n) is 2.61. The Hall–Kier alpha value is -2.27. The van der Waals surface area contributed by atoms with Gasteiger partial charge in [0.2, 0.25) is 5.88 Å². The number of hydrogen-bond acceptors (Lipinski definition) is 4. The Balaban J connectivity index is 2.40. The SMILES string of the molecule is COc1cc(C)ccc1Oc1nccc(C(=O)O)c1Cl. The number of hydrogen-bond donors (Lipinski definition) is 1. The second-order valence-electron chi connectivity index (χ2n) is 4.04. The molecule has 0 atom stereocenters. The van der Waals surface area contributed by atoms with Crippen LogP contribution >= 0.6 is 11.6 Å². The number of nitrogens with zero attached hydrogens (tertiary/aromatic N) is 1. The van der Waals surface area contributed by atoms with E-state index in [0.29, 0.717) is 11.5 Å². The molecule has 0 aliphatic rings. The molecule has 0 saturated carbocycles. The zero-order chi connectivity index (χ0) is 14.7. The van der Waals surface area contributed by atoms with Crippen molar-refractivity contribution in [3.05, 3.63) is 46.6 Å². The maximum atomic E-state index is 11.0. The van der Waals surface area contributed by atoms with Crippen molar-refractivity contribution >= 4 is 17.6 Å². The van der Waals surface area contributed by atoms with Gasteiger partial charge in [-0.3, -0.25) is 0 Å². The summed E-state index contributed by atoms with van der Waals surface area (Å²) in [5, 5.41) is 8.95. The van der Waals surface area contributed by atoms with Crippen LogP contribution in [0.25, 0.3) is 0 Å². The van der Waals surface area contributed by atoms with Crippen LogP contribution in [0, 0.1) is 6.92 Å². The highest BCUT2D eigenvalue weighted by Gasteiger charge is 2.16. The number of aryl methyl sites for hydroxylation is 1. The predicted molar refractivity (Wildman–Crippen MR) is 74.0 cm³/mol. The monoisotopic (exact) mass is 293 g/mol. The Morgan fingerprint density at radius 1 is 1.30 bits per heavy atom. The third kappa shape index (κ3) is 2.83. The number of pyridine rings is 1. The molecule has 0 radical (unpaired) electrons. The molecule has 1 aromatic heterocycles. The first kappa shape index (κ1) is 14.1. The van der Waals surface area contributed by atoms with Gasteiger partial charge in [-0.1, -0.05) is 17.7 Å². The van der Waals surface area contributed by atoms with E-state index in [0.717, 1.165) is 5.56 Å². The van der Waals surface area contributed by atoms with Gasteiger partial charge in [-0.05, 0) is 30.7 Å². The van der Waals surface area contributed by atoms with E-state index < -0.39 is 5.97 Å². The largest absolute Gasteiger partial charge is 0.493 e. The number of aromatic nitrogens is 1. The van der Waals surface area contributed by atoms with Gasteiger partial charge >= 0.3 is 5.97 Å². The Labute approximate surface area is 120 Å². The molecule has 2 aromatic rings. The number of carboxylic acid groups (broad SMARTS) is 1. The molecule has 0 spiro atoms. The van der Waals surface area contributed by atoms with Crippen LogP contribution < -0.4 is 9.47 Å². The molecule has 1 N–H and O–H groups in total. The highest BCUT2D eigenvalue weighted by atomic mass is 35.5. The van der Waals surface area contributed by atoms with Crippen LogP contribution in [0.1, 0.15) is 15.9 Å². The summed E-state index contributed by atoms with van der Waals surface area (Å²) in [5.41, 5.74) is 0.940. The molecule has 6 heteroatoms. The Kier molecular flexibility index (Phi) is 4.10. The molecule has 0 aliphatic heterocycles. The van der Waals surface area contributed by atoms with Gasteiger partial charge < -0.3 is 14.6 Å². The highest BCUT2D eigenvalue weighted by molar-refractivity contribution is 6.34. The van der Waals surface area contributed by atoms with Gasteiger partial charge in [0.25, 0.3) is 0 Å². The number of rotatable bonds is 4. The molecule has 20 heavy (non-hydrogen) atoms. The molecule has 0 fully saturated rings. The number of halogens is 1. The van der Waals surface area contributed by atoms with Gasteiger partial charge in [0.15, 0.2) is 11.5 Å². The minimum Gasteiger partial charge on any atom is -0.493 e. The van der Waals surface area contributed by atoms with Crippen molar-refractivity contribution in [2.24, 2.45) is 0 Å². The summed E-state index contributed by atoms with van der Waals surface area (Å²) in [6, 6.07) is 6.65. The van der Waals surface area contributed by atoms with Crippen LogP contribution in [0.4, 0.5) is 0 Å². The fraction of sp³-hybridized carbons (Fsp3) is 0.143. The van der Waals surface area contributed by atoms with E-state index >= 15 is 0 Å². The summed E-state index contributed by atoms with van der Waals surface area (Å²) in [6.07, 6.45) is 1.32. The first-order valence-electron chi connectivity index (χ1n) is 5.73. The van der Waals surface area contributed by atoms with Gasteiger partial charge in [0, 0.05) is 6.20 Å². The molecule has 5 nitrogen and oxygen atoms in total. The molecular formula is C14H12ClNO4. The van der Waals surface area contributed by atoms with Crippen molar-refractivity contribution in [1.29, 1.82) is 0 Å². The van der Waals surface area contributed by atoms with Gasteiger partial charge in [-0.2, -0.15) is 0 Å². The molecule has 0 amide bonds. The predicted octanol–water partition coefficient (Wildman–Crippen LogP) is 3.54. The van der Waals surface area contributed by atoms with E-state index in [4.69, 9.17) is 26.2 Å². The number of methoxy groups -OCH3 is 1. The van der Waals surface area contributed by atoms with Crippen molar-refractivity contribution in [2.45, 2.75) is 6.92 Å². The Morgan fingerprint density at radius 3 is 2.70 bits per heavy atom. The lowest BCUT2D eigenvalue weighted by Crippen LogP contribution is -2.00. The second-order valence-corrected chi connectivity index (χ2v) is 4.42. The summed E-state index contributed by atoms with van der Waals surface area (Å²) >= 11 is 5.97. The van der Waals surface area contributed by atoms with Crippen LogP contribution in [-0.4, -0.2) is 23.2 Å². The highest BCUT2D eigenvalue weighted by Crippen LogP contribution is 2.35. The average Bonchev–Trinajstić information content (AvgIpc) is 2.42. The molecule has 0 aliphatic carbocycles. The summed E-state index contributed by atoms with van der Waals surface area (Å²) < 4.78 is 10.7. The second kappa shape index (κ2) is 5.79. The van der Waals surface area contributed by atoms with Crippen LogP contribution in [0.3, 0.4) is 0 Å². The fourth-order valence-corrected chi connectivity index (χ4v) is 1.86. The smallest absolute Gasteiger partial charge is 0.337 e. The molecule has 104 valence electrons. The van der Waals surface area contributed by atoms with Crippen molar-refractivity contribution in [2.75, 3.05) is 7.11 Å². The first-order chi connectivity index (χ1) is 9.52. The third-order valence-corrected chi connectivity index (χ3v) is 2.98. The van der Waals surface area contributed by atoms with E-state index in [1.165, 1.54) is 19.4 Å². The average molecular weight is 294 g/mol. The number of carboxylic acids is 1. The van der Waals surface area contributed by atoms with E-state index in [-0.39, 0.29) is 16.5 Å². The van der Waals surface area contributed by atoms with Crippen molar-refractivity contribution < 1.29 is 19.4 Å². The van der Waals surface area contributed by atoms with Gasteiger partial charge in [-0.25, -0.2) is 9.78 Å². The molecule has 0 unspecified atom stereocenters. The lowest BCUT2D eigenvalue weighted by atomic mass is 10.2. The number of carbonyl (C=O) groups is 1. The topological polar surface area (TPSA) is 68.7 Å². The molecular weight excluding hydrogens is 282 g/mol. The first-order valence-corrected chi connectivity index (χ1v) is 6.11. The van der Waals surface area contributed by atoms with E-state index in [9.17, 15) is 4.79 Å². The zero-order valence-electron chi connectivity index (χ0n) is 10.9. The van der Waals surface area contributed by atoms with Gasteiger partial charge in [0.1, 0.15) is 5.02 Å². The minimum atomic E-state index is -1.14. The minimum absolute atomic E-state index is 0.0220. The number of benzene rings is 1. The number of ether oxygens (including phenoxy) is 2. The molecule has 1 aromatic carbocycles. The van der Waals surface area contributed by atoms with Crippen LogP contribution in [0.2, 0.25) is 5.02 Å². The van der Waals surface area contributed by atoms with Crippen molar-refractivity contribution in [3.8, 4) is 17.4 Å². The maximum absolute atomic E-state index is 11.0. The Bertz CT molecular complexity index is 658. The lowest BCUT2D eigenvalue weighted by Gasteiger charge is -2.11. The summed E-state index contributed by atoms with van der Waals surface area (Å²) in [5.74, 6) is -0.189. The number of aromatic carboxylic acids is 1.